The third-order valence-corrected chi connectivity index (χ3v) is 10.7. The van der Waals surface area contributed by atoms with Crippen LogP contribution in [0.4, 0.5) is 0 Å². The number of carbonyl (C=O) groups is 3. The molecule has 0 aromatic heterocycles. The first-order chi connectivity index (χ1) is 30.0. The number of hydrogen-bond donors (Lipinski definition) is 0. The minimum absolute atomic E-state index is 0.0912. The van der Waals surface area contributed by atoms with Crippen molar-refractivity contribution in [3.05, 3.63) is 72.9 Å². The van der Waals surface area contributed by atoms with Crippen LogP contribution in [-0.2, 0) is 28.6 Å². The standard InChI is InChI=1S/C55H94O6/c1-4-7-10-13-16-19-22-25-26-27-28-31-33-36-39-42-45-48-54(57)60-51-52(61-55(58)49-46-43-40-37-34-30-24-21-18-15-12-9-6-3)50-59-53(56)47-44-41-38-35-32-29-23-20-17-14-11-8-5-2/h7,10,16,19-21,23-26,28,31,52H,4-6,8-9,11-15,17-18,22,27,29-30,32-51H2,1-3H3/b10-7-,19-16-,23-20-,24-21-,26-25-,31-28-. The molecule has 0 bridgehead atoms. The Morgan fingerprint density at radius 3 is 1.02 bits per heavy atom. The van der Waals surface area contributed by atoms with Crippen molar-refractivity contribution in [2.24, 2.45) is 0 Å². The maximum absolute atomic E-state index is 12.8. The fourth-order valence-corrected chi connectivity index (χ4v) is 6.83. The minimum Gasteiger partial charge on any atom is -0.462 e. The molecule has 0 fully saturated rings. The van der Waals surface area contributed by atoms with E-state index in [9.17, 15) is 14.4 Å². The van der Waals surface area contributed by atoms with Crippen molar-refractivity contribution in [1.82, 2.24) is 0 Å². The van der Waals surface area contributed by atoms with Gasteiger partial charge in [0.05, 0.1) is 0 Å². The minimum atomic E-state index is -0.792. The Balaban J connectivity index is 4.44. The Labute approximate surface area is 376 Å². The van der Waals surface area contributed by atoms with Gasteiger partial charge in [-0.3, -0.25) is 14.4 Å². The summed E-state index contributed by atoms with van der Waals surface area (Å²) in [6.45, 7) is 6.45. The van der Waals surface area contributed by atoms with Crippen LogP contribution in [0.2, 0.25) is 0 Å². The maximum atomic E-state index is 12.8. The molecule has 0 radical (unpaired) electrons. The lowest BCUT2D eigenvalue weighted by Gasteiger charge is -2.18. The van der Waals surface area contributed by atoms with Gasteiger partial charge in [0.1, 0.15) is 13.2 Å². The number of esters is 3. The number of hydrogen-bond acceptors (Lipinski definition) is 6. The van der Waals surface area contributed by atoms with E-state index in [1.54, 1.807) is 0 Å². The third kappa shape index (κ3) is 47.7. The topological polar surface area (TPSA) is 78.9 Å². The van der Waals surface area contributed by atoms with Crippen molar-refractivity contribution in [2.45, 2.75) is 245 Å². The fourth-order valence-electron chi connectivity index (χ4n) is 6.83. The van der Waals surface area contributed by atoms with Crippen molar-refractivity contribution in [3.63, 3.8) is 0 Å². The van der Waals surface area contributed by atoms with Gasteiger partial charge in [-0.2, -0.15) is 0 Å². The highest BCUT2D eigenvalue weighted by molar-refractivity contribution is 5.71. The molecule has 0 aliphatic rings. The van der Waals surface area contributed by atoms with Crippen molar-refractivity contribution in [1.29, 1.82) is 0 Å². The molecule has 0 N–H and O–H groups in total. The van der Waals surface area contributed by atoms with Gasteiger partial charge in [0.15, 0.2) is 6.10 Å². The highest BCUT2D eigenvalue weighted by Crippen LogP contribution is 2.13. The monoisotopic (exact) mass is 851 g/mol. The van der Waals surface area contributed by atoms with Gasteiger partial charge in [0.25, 0.3) is 0 Å². The van der Waals surface area contributed by atoms with Gasteiger partial charge in [-0.15, -0.1) is 0 Å². The largest absolute Gasteiger partial charge is 0.462 e. The van der Waals surface area contributed by atoms with Crippen LogP contribution in [0.3, 0.4) is 0 Å². The summed E-state index contributed by atoms with van der Waals surface area (Å²) in [4.78, 5) is 37.9. The Bertz CT molecular complexity index is 1160. The number of rotatable bonds is 45. The summed E-state index contributed by atoms with van der Waals surface area (Å²) in [5.41, 5.74) is 0. The van der Waals surface area contributed by atoms with Gasteiger partial charge in [-0.1, -0.05) is 184 Å². The van der Waals surface area contributed by atoms with E-state index in [4.69, 9.17) is 14.2 Å². The third-order valence-electron chi connectivity index (χ3n) is 10.7. The van der Waals surface area contributed by atoms with Crippen LogP contribution in [0.1, 0.15) is 239 Å². The second-order valence-corrected chi connectivity index (χ2v) is 16.7. The predicted molar refractivity (Wildman–Crippen MR) is 261 cm³/mol. The van der Waals surface area contributed by atoms with Crippen molar-refractivity contribution >= 4 is 17.9 Å². The van der Waals surface area contributed by atoms with Crippen LogP contribution in [0, 0.1) is 0 Å². The van der Waals surface area contributed by atoms with E-state index in [1.807, 2.05) is 0 Å². The van der Waals surface area contributed by atoms with Crippen molar-refractivity contribution < 1.29 is 28.6 Å². The molecule has 0 saturated heterocycles. The molecular formula is C55H94O6. The van der Waals surface area contributed by atoms with Crippen LogP contribution < -0.4 is 0 Å². The highest BCUT2D eigenvalue weighted by atomic mass is 16.6. The van der Waals surface area contributed by atoms with Crippen molar-refractivity contribution in [2.75, 3.05) is 13.2 Å². The summed E-state index contributed by atoms with van der Waals surface area (Å²) < 4.78 is 16.8. The van der Waals surface area contributed by atoms with Crippen LogP contribution in [0.5, 0.6) is 0 Å². The molecule has 6 nitrogen and oxygen atoms in total. The lowest BCUT2D eigenvalue weighted by atomic mass is 10.1. The molecule has 0 aromatic rings. The smallest absolute Gasteiger partial charge is 0.306 e. The zero-order valence-electron chi connectivity index (χ0n) is 39.9. The zero-order valence-corrected chi connectivity index (χ0v) is 39.9. The average Bonchev–Trinajstić information content (AvgIpc) is 3.26. The molecular weight excluding hydrogens is 757 g/mol. The first-order valence-electron chi connectivity index (χ1n) is 25.4. The van der Waals surface area contributed by atoms with Gasteiger partial charge in [0, 0.05) is 19.3 Å². The van der Waals surface area contributed by atoms with E-state index in [0.29, 0.717) is 19.3 Å². The highest BCUT2D eigenvalue weighted by Gasteiger charge is 2.19. The van der Waals surface area contributed by atoms with Gasteiger partial charge in [0.2, 0.25) is 0 Å². The van der Waals surface area contributed by atoms with Crippen molar-refractivity contribution in [3.8, 4) is 0 Å². The first-order valence-corrected chi connectivity index (χ1v) is 25.4. The summed E-state index contributed by atoms with van der Waals surface area (Å²) >= 11 is 0. The van der Waals surface area contributed by atoms with E-state index < -0.39 is 6.10 Å². The molecule has 61 heavy (non-hydrogen) atoms. The summed E-state index contributed by atoms with van der Waals surface area (Å²) in [6, 6.07) is 0. The Hall–Kier alpha value is -3.15. The van der Waals surface area contributed by atoms with Gasteiger partial charge in [-0.05, 0) is 109 Å². The summed E-state index contributed by atoms with van der Waals surface area (Å²) in [5.74, 6) is -0.933. The second kappa shape index (κ2) is 49.5. The molecule has 0 rings (SSSR count). The van der Waals surface area contributed by atoms with E-state index in [-0.39, 0.29) is 31.1 Å². The maximum Gasteiger partial charge on any atom is 0.306 e. The molecule has 0 spiro atoms. The lowest BCUT2D eigenvalue weighted by Crippen LogP contribution is -2.30. The quantitative estimate of drug-likeness (QED) is 0.0263. The zero-order chi connectivity index (χ0) is 44.4. The SMILES string of the molecule is CC/C=C\C/C=C\C/C=C\C/C=C\CCCCCCC(=O)OCC(COC(=O)CCCCCCC/C=C\CCCCCC)OC(=O)CCCCCCC/C=C\CCCCCC. The van der Waals surface area contributed by atoms with Gasteiger partial charge >= 0.3 is 17.9 Å². The molecule has 0 aliphatic carbocycles. The fraction of sp³-hybridized carbons (Fsp3) is 0.727. The Kier molecular flexibility index (Phi) is 46.9. The molecule has 0 amide bonds. The van der Waals surface area contributed by atoms with E-state index in [0.717, 1.165) is 116 Å². The lowest BCUT2D eigenvalue weighted by molar-refractivity contribution is -0.167. The summed E-state index contributed by atoms with van der Waals surface area (Å²) in [6.07, 6.45) is 61.6. The van der Waals surface area contributed by atoms with Crippen LogP contribution in [-0.4, -0.2) is 37.2 Å². The van der Waals surface area contributed by atoms with Gasteiger partial charge in [-0.25, -0.2) is 0 Å². The molecule has 0 heterocycles. The molecule has 0 saturated carbocycles. The Morgan fingerprint density at radius 1 is 0.344 bits per heavy atom. The average molecular weight is 851 g/mol. The normalized spacial score (nSPS) is 12.6. The first kappa shape index (κ1) is 57.9. The van der Waals surface area contributed by atoms with Crippen LogP contribution >= 0.6 is 0 Å². The van der Waals surface area contributed by atoms with E-state index >= 15 is 0 Å². The number of allylic oxidation sites excluding steroid dienone is 12. The molecule has 350 valence electrons. The molecule has 1 unspecified atom stereocenters. The van der Waals surface area contributed by atoms with Gasteiger partial charge < -0.3 is 14.2 Å². The molecule has 1 atom stereocenters. The number of ether oxygens (including phenoxy) is 3. The Morgan fingerprint density at radius 2 is 0.639 bits per heavy atom. The van der Waals surface area contributed by atoms with E-state index in [2.05, 4.69) is 93.7 Å². The summed E-state index contributed by atoms with van der Waals surface area (Å²) in [5, 5.41) is 0. The molecule has 0 aromatic carbocycles. The summed E-state index contributed by atoms with van der Waals surface area (Å²) in [7, 11) is 0. The van der Waals surface area contributed by atoms with E-state index in [1.165, 1.54) is 83.5 Å². The van der Waals surface area contributed by atoms with Crippen LogP contribution in [0.25, 0.3) is 0 Å². The number of unbranched alkanes of at least 4 members (excludes halogenated alkanes) is 22. The number of carbonyl (C=O) groups excluding carboxylic acids is 3. The molecule has 0 aliphatic heterocycles. The predicted octanol–water partition coefficient (Wildman–Crippen LogP) is 16.6. The second-order valence-electron chi connectivity index (χ2n) is 16.7. The molecule has 6 heteroatoms. The van der Waals surface area contributed by atoms with Crippen LogP contribution in [0.15, 0.2) is 72.9 Å².